The lowest BCUT2D eigenvalue weighted by molar-refractivity contribution is 0.0662. The van der Waals surface area contributed by atoms with E-state index in [1.165, 1.54) is 23.8 Å². The summed E-state index contributed by atoms with van der Waals surface area (Å²) in [4.78, 5) is 11.0. The number of hydrogen-bond donors (Lipinski definition) is 1. The Balaban J connectivity index is 1.32. The third kappa shape index (κ3) is 3.91. The van der Waals surface area contributed by atoms with Crippen LogP contribution in [0.25, 0.3) is 16.6 Å². The number of anilines is 2. The molecule has 2 atom stereocenters. The lowest BCUT2D eigenvalue weighted by Gasteiger charge is -2.34. The Morgan fingerprint density at radius 3 is 2.80 bits per heavy atom. The van der Waals surface area contributed by atoms with Gasteiger partial charge in [-0.25, -0.2) is 18.7 Å². The molecule has 35 heavy (non-hydrogen) atoms. The van der Waals surface area contributed by atoms with Gasteiger partial charge < -0.3 is 20.1 Å². The van der Waals surface area contributed by atoms with Crippen molar-refractivity contribution in [1.82, 2.24) is 29.4 Å². The Morgan fingerprint density at radius 2 is 2.00 bits per heavy atom. The number of hydrogen-bond acceptors (Lipinski definition) is 8. The Morgan fingerprint density at radius 1 is 1.17 bits per heavy atom. The fourth-order valence-corrected chi connectivity index (χ4v) is 5.05. The van der Waals surface area contributed by atoms with Crippen LogP contribution in [0.3, 0.4) is 0 Å². The molecule has 2 saturated heterocycles. The monoisotopic (exact) mass is 484 g/mol. The normalized spacial score (nSPS) is 21.7. The van der Waals surface area contributed by atoms with Crippen LogP contribution in [0, 0.1) is 5.82 Å². The molecular weight excluding hydrogens is 458 g/mol. The molecule has 10 nitrogen and oxygen atoms in total. The van der Waals surface area contributed by atoms with Crippen molar-refractivity contribution in [2.45, 2.75) is 37.4 Å². The van der Waals surface area contributed by atoms with Crippen molar-refractivity contribution in [3.63, 3.8) is 0 Å². The first-order chi connectivity index (χ1) is 17.0. The number of fused-ring (bicyclic) bond motifs is 3. The van der Waals surface area contributed by atoms with Gasteiger partial charge in [0.1, 0.15) is 6.17 Å². The number of rotatable bonds is 4. The molecule has 5 heterocycles. The van der Waals surface area contributed by atoms with Gasteiger partial charge in [0.15, 0.2) is 23.0 Å². The van der Waals surface area contributed by atoms with Gasteiger partial charge in [-0.3, -0.25) is 4.68 Å². The molecule has 0 amide bonds. The Hall–Kier alpha value is -3.54. The van der Waals surface area contributed by atoms with Gasteiger partial charge in [-0.2, -0.15) is 9.61 Å². The maximum atomic E-state index is 14.9. The first kappa shape index (κ1) is 22.0. The minimum absolute atomic E-state index is 0.0676. The molecule has 2 aliphatic heterocycles. The van der Waals surface area contributed by atoms with Crippen molar-refractivity contribution < 1.29 is 18.3 Å². The third-order valence-electron chi connectivity index (χ3n) is 6.87. The molecule has 2 unspecified atom stereocenters. The number of benzene rings is 1. The van der Waals surface area contributed by atoms with E-state index in [1.54, 1.807) is 6.20 Å². The second kappa shape index (κ2) is 8.59. The van der Waals surface area contributed by atoms with Crippen LogP contribution in [0.15, 0.2) is 24.5 Å². The van der Waals surface area contributed by atoms with Gasteiger partial charge in [0.2, 0.25) is 5.95 Å². The molecule has 6 rings (SSSR count). The van der Waals surface area contributed by atoms with Crippen LogP contribution in [0.1, 0.15) is 37.0 Å². The maximum Gasteiger partial charge on any atom is 0.223 e. The molecule has 12 heteroatoms. The van der Waals surface area contributed by atoms with Crippen LogP contribution in [0.4, 0.5) is 20.4 Å². The summed E-state index contributed by atoms with van der Waals surface area (Å²) in [6.07, 6.45) is 4.82. The first-order valence-electron chi connectivity index (χ1n) is 11.7. The van der Waals surface area contributed by atoms with E-state index in [2.05, 4.69) is 20.2 Å². The highest BCUT2D eigenvalue weighted by molar-refractivity contribution is 5.93. The van der Waals surface area contributed by atoms with Crippen LogP contribution < -0.4 is 15.4 Å². The van der Waals surface area contributed by atoms with E-state index in [-0.39, 0.29) is 30.6 Å². The smallest absolute Gasteiger partial charge is 0.223 e. The Labute approximate surface area is 199 Å². The maximum absolute atomic E-state index is 14.9. The zero-order valence-corrected chi connectivity index (χ0v) is 19.3. The molecule has 2 fully saturated rings. The molecule has 0 bridgehead atoms. The number of nitrogen functional groups attached to an aromatic ring is 1. The van der Waals surface area contributed by atoms with E-state index >= 15 is 0 Å². The molecule has 0 spiro atoms. The second-order valence-corrected chi connectivity index (χ2v) is 9.14. The van der Waals surface area contributed by atoms with Crippen LogP contribution >= 0.6 is 0 Å². The van der Waals surface area contributed by atoms with Crippen LogP contribution in [0.2, 0.25) is 0 Å². The van der Waals surface area contributed by atoms with Gasteiger partial charge >= 0.3 is 0 Å². The highest BCUT2D eigenvalue weighted by Gasteiger charge is 2.32. The van der Waals surface area contributed by atoms with Gasteiger partial charge in [-0.15, -0.1) is 5.10 Å². The Bertz CT molecular complexity index is 1380. The summed E-state index contributed by atoms with van der Waals surface area (Å²) in [5.74, 6) is -0.179. The fourth-order valence-electron chi connectivity index (χ4n) is 5.05. The molecule has 4 aromatic rings. The largest absolute Gasteiger partial charge is 0.494 e. The standard InChI is InChI=1S/C23H26F2N8O2/c1-34-20-8-19-17(7-18(20)25)22-29-21(30-33(22)23(26)28-19)13-6-14(24)11-31(10-13)16-9-27-32(12-16)15-2-4-35-5-3-15/h7-9,12-15H,2-6,10-11H2,1H3,(H2,26,28). The highest BCUT2D eigenvalue weighted by atomic mass is 19.1. The average Bonchev–Trinajstić information content (AvgIpc) is 3.53. The quantitative estimate of drug-likeness (QED) is 0.471. The van der Waals surface area contributed by atoms with Crippen molar-refractivity contribution in [1.29, 1.82) is 0 Å². The predicted octanol–water partition coefficient (Wildman–Crippen LogP) is 2.89. The number of methoxy groups -OCH3 is 1. The number of nitrogens with two attached hydrogens (primary N) is 1. The third-order valence-corrected chi connectivity index (χ3v) is 6.87. The molecule has 2 N–H and O–H groups in total. The number of piperidine rings is 1. The molecule has 0 saturated carbocycles. The summed E-state index contributed by atoms with van der Waals surface area (Å²) in [5.41, 5.74) is 7.82. The lowest BCUT2D eigenvalue weighted by atomic mass is 9.96. The van der Waals surface area contributed by atoms with E-state index in [0.717, 1.165) is 31.7 Å². The van der Waals surface area contributed by atoms with Gasteiger partial charge in [-0.1, -0.05) is 0 Å². The Kier molecular flexibility index (Phi) is 5.39. The van der Waals surface area contributed by atoms with Crippen LogP contribution in [-0.4, -0.2) is 68.9 Å². The van der Waals surface area contributed by atoms with Crippen molar-refractivity contribution in [3.8, 4) is 5.75 Å². The SMILES string of the molecule is COc1cc2nc(N)n3nc(C4CC(F)CN(c5cnn(C6CCOCC6)c5)C4)nc3c2cc1F. The topological polar surface area (TPSA) is 109 Å². The molecular formula is C23H26F2N8O2. The number of alkyl halides is 1. The van der Waals surface area contributed by atoms with Gasteiger partial charge in [-0.05, 0) is 25.3 Å². The molecule has 0 radical (unpaired) electrons. The molecule has 0 aliphatic carbocycles. The van der Waals surface area contributed by atoms with Crippen LogP contribution in [-0.2, 0) is 4.74 Å². The minimum atomic E-state index is -1.05. The molecule has 1 aromatic carbocycles. The van der Waals surface area contributed by atoms with E-state index in [0.29, 0.717) is 35.0 Å². The second-order valence-electron chi connectivity index (χ2n) is 9.14. The fraction of sp³-hybridized carbons (Fsp3) is 0.478. The number of nitrogens with zero attached hydrogens (tertiary/aromatic N) is 7. The lowest BCUT2D eigenvalue weighted by Crippen LogP contribution is -2.41. The highest BCUT2D eigenvalue weighted by Crippen LogP contribution is 2.33. The predicted molar refractivity (Wildman–Crippen MR) is 125 cm³/mol. The average molecular weight is 485 g/mol. The van der Waals surface area contributed by atoms with Crippen LogP contribution in [0.5, 0.6) is 5.75 Å². The molecule has 184 valence electrons. The minimum Gasteiger partial charge on any atom is -0.494 e. The van der Waals surface area contributed by atoms with Crippen molar-refractivity contribution in [3.05, 3.63) is 36.2 Å². The van der Waals surface area contributed by atoms with E-state index in [9.17, 15) is 8.78 Å². The van der Waals surface area contributed by atoms with E-state index < -0.39 is 12.0 Å². The van der Waals surface area contributed by atoms with Gasteiger partial charge in [0.05, 0.1) is 30.6 Å². The van der Waals surface area contributed by atoms with Crippen molar-refractivity contribution in [2.24, 2.45) is 0 Å². The van der Waals surface area contributed by atoms with E-state index in [1.807, 2.05) is 15.8 Å². The van der Waals surface area contributed by atoms with Gasteiger partial charge in [0, 0.05) is 49.9 Å². The zero-order chi connectivity index (χ0) is 24.1. The first-order valence-corrected chi connectivity index (χ1v) is 11.7. The summed E-state index contributed by atoms with van der Waals surface area (Å²) >= 11 is 0. The number of halogens is 2. The number of aromatic nitrogens is 6. The summed E-state index contributed by atoms with van der Waals surface area (Å²) < 4.78 is 43.2. The molecule has 3 aromatic heterocycles. The summed E-state index contributed by atoms with van der Waals surface area (Å²) in [6, 6.07) is 3.08. The number of ether oxygens (including phenoxy) is 2. The van der Waals surface area contributed by atoms with Gasteiger partial charge in [0.25, 0.3) is 0 Å². The van der Waals surface area contributed by atoms with Crippen molar-refractivity contribution >= 4 is 28.2 Å². The summed E-state index contributed by atoms with van der Waals surface area (Å²) in [6.45, 7) is 2.26. The van der Waals surface area contributed by atoms with Crippen molar-refractivity contribution in [2.75, 3.05) is 44.0 Å². The van der Waals surface area contributed by atoms with E-state index in [4.69, 9.17) is 15.2 Å². The summed E-state index contributed by atoms with van der Waals surface area (Å²) in [5, 5.41) is 9.52. The zero-order valence-electron chi connectivity index (χ0n) is 19.3. The molecule has 2 aliphatic rings. The summed E-state index contributed by atoms with van der Waals surface area (Å²) in [7, 11) is 1.39.